The van der Waals surface area contributed by atoms with Crippen LogP contribution in [0, 0.1) is 0 Å². The predicted octanol–water partition coefficient (Wildman–Crippen LogP) is 3.59. The Morgan fingerprint density at radius 1 is 1.30 bits per heavy atom. The highest BCUT2D eigenvalue weighted by molar-refractivity contribution is 5.76. The number of benzene rings is 1. The molecule has 0 unspecified atom stereocenters. The zero-order valence-electron chi connectivity index (χ0n) is 14.0. The fourth-order valence-corrected chi connectivity index (χ4v) is 2.11. The van der Waals surface area contributed by atoms with Gasteiger partial charge < -0.3 is 14.5 Å². The van der Waals surface area contributed by atoms with Gasteiger partial charge in [-0.2, -0.15) is 0 Å². The van der Waals surface area contributed by atoms with Gasteiger partial charge in [0.1, 0.15) is 5.75 Å². The average molecular weight is 316 g/mol. The number of carbonyl (C=O) groups excluding carboxylic acids is 1. The van der Waals surface area contributed by atoms with Gasteiger partial charge in [0.2, 0.25) is 5.91 Å². The number of nitrogens with one attached hydrogen (secondary N) is 1. The van der Waals surface area contributed by atoms with Crippen molar-refractivity contribution in [3.63, 3.8) is 0 Å². The summed E-state index contributed by atoms with van der Waals surface area (Å²) in [6.45, 7) is 6.63. The van der Waals surface area contributed by atoms with Crippen molar-refractivity contribution in [1.29, 1.82) is 0 Å². The van der Waals surface area contributed by atoms with Crippen molar-refractivity contribution in [1.82, 2.24) is 10.3 Å². The van der Waals surface area contributed by atoms with E-state index in [1.54, 1.807) is 6.20 Å². The highest BCUT2D eigenvalue weighted by Gasteiger charge is 2.10. The molecule has 0 aliphatic rings. The maximum absolute atomic E-state index is 11.8. The summed E-state index contributed by atoms with van der Waals surface area (Å²) >= 11 is 0. The molecule has 0 saturated heterocycles. The smallest absolute Gasteiger partial charge is 0.220 e. The summed E-state index contributed by atoms with van der Waals surface area (Å²) < 4.78 is 11.1. The third kappa shape index (κ3) is 5.13. The second-order valence-electron chi connectivity index (χ2n) is 5.45. The summed E-state index contributed by atoms with van der Waals surface area (Å²) in [6.07, 6.45) is 3.50. The van der Waals surface area contributed by atoms with Gasteiger partial charge in [0.25, 0.3) is 0 Å². The van der Waals surface area contributed by atoms with Crippen molar-refractivity contribution in [2.24, 2.45) is 0 Å². The number of rotatable bonds is 8. The molecular weight excluding hydrogens is 292 g/mol. The van der Waals surface area contributed by atoms with Crippen molar-refractivity contribution in [3.8, 4) is 17.1 Å². The third-order valence-electron chi connectivity index (χ3n) is 3.59. The average Bonchev–Trinajstić information content (AvgIpc) is 3.03. The second-order valence-corrected chi connectivity index (χ2v) is 5.45. The fourth-order valence-electron chi connectivity index (χ4n) is 2.11. The van der Waals surface area contributed by atoms with E-state index in [9.17, 15) is 4.79 Å². The van der Waals surface area contributed by atoms with Crippen LogP contribution >= 0.6 is 0 Å². The molecule has 1 N–H and O–H groups in total. The summed E-state index contributed by atoms with van der Waals surface area (Å²) in [5, 5.41) is 2.93. The van der Waals surface area contributed by atoms with Gasteiger partial charge in [0.05, 0.1) is 12.8 Å². The molecule has 2 aromatic rings. The minimum absolute atomic E-state index is 0.0279. The zero-order chi connectivity index (χ0) is 16.7. The SMILES string of the molecule is CCOc1ccc(-c2cnc(CCC(=O)N[C@H](C)CC)o2)cc1. The number of aryl methyl sites for hydroxylation is 1. The number of aromatic nitrogens is 1. The van der Waals surface area contributed by atoms with E-state index in [-0.39, 0.29) is 11.9 Å². The number of oxazole rings is 1. The van der Waals surface area contributed by atoms with E-state index >= 15 is 0 Å². The summed E-state index contributed by atoms with van der Waals surface area (Å²) in [5.74, 6) is 2.14. The number of hydrogen-bond donors (Lipinski definition) is 1. The molecule has 0 aliphatic carbocycles. The summed E-state index contributed by atoms with van der Waals surface area (Å²) in [5.41, 5.74) is 0.941. The minimum atomic E-state index is 0.0279. The standard InChI is InChI=1S/C18H24N2O3/c1-4-13(3)20-17(21)10-11-18-19-12-16(23-18)14-6-8-15(9-7-14)22-5-2/h6-9,12-13H,4-5,10-11H2,1-3H3,(H,20,21)/t13-/m1/s1. The molecule has 0 aliphatic heterocycles. The van der Waals surface area contributed by atoms with Gasteiger partial charge in [-0.3, -0.25) is 4.79 Å². The van der Waals surface area contributed by atoms with Crippen molar-refractivity contribution in [3.05, 3.63) is 36.4 Å². The van der Waals surface area contributed by atoms with E-state index in [1.165, 1.54) is 0 Å². The molecule has 0 fully saturated rings. The molecule has 2 rings (SSSR count). The lowest BCUT2D eigenvalue weighted by Crippen LogP contribution is -2.32. The Morgan fingerprint density at radius 3 is 2.70 bits per heavy atom. The monoisotopic (exact) mass is 316 g/mol. The molecular formula is C18H24N2O3. The zero-order valence-corrected chi connectivity index (χ0v) is 14.0. The van der Waals surface area contributed by atoms with Crippen LogP contribution in [0.5, 0.6) is 5.75 Å². The van der Waals surface area contributed by atoms with Crippen molar-refractivity contribution in [2.45, 2.75) is 46.1 Å². The summed E-state index contributed by atoms with van der Waals surface area (Å²) in [7, 11) is 0. The molecule has 1 aromatic heterocycles. The second kappa shape index (κ2) is 8.36. The van der Waals surface area contributed by atoms with Gasteiger partial charge in [0.15, 0.2) is 11.7 Å². The molecule has 5 heteroatoms. The first-order valence-corrected chi connectivity index (χ1v) is 8.09. The van der Waals surface area contributed by atoms with Crippen LogP contribution in [0.2, 0.25) is 0 Å². The van der Waals surface area contributed by atoms with Crippen molar-refractivity contribution in [2.75, 3.05) is 6.61 Å². The van der Waals surface area contributed by atoms with Gasteiger partial charge in [-0.1, -0.05) is 6.92 Å². The van der Waals surface area contributed by atoms with Gasteiger partial charge in [0, 0.05) is 24.4 Å². The normalized spacial score (nSPS) is 12.0. The Labute approximate surface area is 137 Å². The maximum atomic E-state index is 11.8. The first kappa shape index (κ1) is 17.1. The molecule has 5 nitrogen and oxygen atoms in total. The van der Waals surface area contributed by atoms with Crippen LogP contribution < -0.4 is 10.1 Å². The molecule has 1 amide bonds. The van der Waals surface area contributed by atoms with E-state index in [0.29, 0.717) is 31.1 Å². The van der Waals surface area contributed by atoms with E-state index in [0.717, 1.165) is 17.7 Å². The first-order chi connectivity index (χ1) is 11.1. The largest absolute Gasteiger partial charge is 0.494 e. The molecule has 1 heterocycles. The number of ether oxygens (including phenoxy) is 1. The Morgan fingerprint density at radius 2 is 2.04 bits per heavy atom. The van der Waals surface area contributed by atoms with Crippen LogP contribution in [-0.4, -0.2) is 23.5 Å². The van der Waals surface area contributed by atoms with Crippen LogP contribution in [0.15, 0.2) is 34.9 Å². The van der Waals surface area contributed by atoms with Crippen molar-refractivity contribution >= 4 is 5.91 Å². The van der Waals surface area contributed by atoms with Crippen LogP contribution in [0.4, 0.5) is 0 Å². The van der Waals surface area contributed by atoms with Crippen LogP contribution in [0.25, 0.3) is 11.3 Å². The van der Waals surface area contributed by atoms with Gasteiger partial charge in [-0.05, 0) is 44.5 Å². The van der Waals surface area contributed by atoms with Crippen molar-refractivity contribution < 1.29 is 13.9 Å². The quantitative estimate of drug-likeness (QED) is 0.808. The van der Waals surface area contributed by atoms with Crippen LogP contribution in [-0.2, 0) is 11.2 Å². The van der Waals surface area contributed by atoms with E-state index < -0.39 is 0 Å². The predicted molar refractivity (Wildman–Crippen MR) is 89.3 cm³/mol. The minimum Gasteiger partial charge on any atom is -0.494 e. The van der Waals surface area contributed by atoms with E-state index in [4.69, 9.17) is 9.15 Å². The molecule has 1 atom stereocenters. The lowest BCUT2D eigenvalue weighted by molar-refractivity contribution is -0.121. The number of hydrogen-bond acceptors (Lipinski definition) is 4. The number of nitrogens with zero attached hydrogens (tertiary/aromatic N) is 1. The van der Waals surface area contributed by atoms with E-state index in [2.05, 4.69) is 10.3 Å². The highest BCUT2D eigenvalue weighted by atomic mass is 16.5. The summed E-state index contributed by atoms with van der Waals surface area (Å²) in [6, 6.07) is 7.88. The Balaban J connectivity index is 1.91. The van der Waals surface area contributed by atoms with Gasteiger partial charge in [-0.15, -0.1) is 0 Å². The topological polar surface area (TPSA) is 64.4 Å². The molecule has 0 spiro atoms. The Hall–Kier alpha value is -2.30. The Kier molecular flexibility index (Phi) is 6.20. The fraction of sp³-hybridized carbons (Fsp3) is 0.444. The van der Waals surface area contributed by atoms with E-state index in [1.807, 2.05) is 45.0 Å². The number of carbonyl (C=O) groups is 1. The van der Waals surface area contributed by atoms with Crippen LogP contribution in [0.1, 0.15) is 39.5 Å². The van der Waals surface area contributed by atoms with Crippen LogP contribution in [0.3, 0.4) is 0 Å². The Bertz CT molecular complexity index is 619. The molecule has 0 radical (unpaired) electrons. The van der Waals surface area contributed by atoms with Gasteiger partial charge >= 0.3 is 0 Å². The lowest BCUT2D eigenvalue weighted by Gasteiger charge is -2.10. The molecule has 0 bridgehead atoms. The molecule has 0 saturated carbocycles. The maximum Gasteiger partial charge on any atom is 0.220 e. The highest BCUT2D eigenvalue weighted by Crippen LogP contribution is 2.23. The number of amides is 1. The molecule has 124 valence electrons. The lowest BCUT2D eigenvalue weighted by atomic mass is 10.2. The molecule has 23 heavy (non-hydrogen) atoms. The molecule has 1 aromatic carbocycles. The third-order valence-corrected chi connectivity index (χ3v) is 3.59. The first-order valence-electron chi connectivity index (χ1n) is 8.09. The summed E-state index contributed by atoms with van der Waals surface area (Å²) in [4.78, 5) is 16.0. The van der Waals surface area contributed by atoms with Gasteiger partial charge in [-0.25, -0.2) is 4.98 Å².